The third kappa shape index (κ3) is 3.98. The van der Waals surface area contributed by atoms with Crippen LogP contribution in [0, 0.1) is 11.3 Å². The zero-order valence-corrected chi connectivity index (χ0v) is 11.7. The Morgan fingerprint density at radius 2 is 2.21 bits per heavy atom. The van der Waals surface area contributed by atoms with Gasteiger partial charge in [-0.1, -0.05) is 23.9 Å². The molecule has 1 atom stereocenters. The number of nitrogens with zero attached hydrogens (tertiary/aromatic N) is 2. The molecule has 0 saturated carbocycles. The number of nitriles is 1. The summed E-state index contributed by atoms with van der Waals surface area (Å²) in [5.74, 6) is 0.925. The summed E-state index contributed by atoms with van der Waals surface area (Å²) in [6.45, 7) is 1.76. The van der Waals surface area contributed by atoms with Gasteiger partial charge in [-0.2, -0.15) is 5.26 Å². The number of nitrogens with two attached hydrogens (primary N) is 1. The van der Waals surface area contributed by atoms with Gasteiger partial charge in [0.25, 0.3) is 5.22 Å². The summed E-state index contributed by atoms with van der Waals surface area (Å²) in [6, 6.07) is 9.85. The number of hydrogen-bond donors (Lipinski definition) is 1. The second-order valence-electron chi connectivity index (χ2n) is 4.78. The van der Waals surface area contributed by atoms with Gasteiger partial charge >= 0.3 is 0 Å². The van der Waals surface area contributed by atoms with Crippen molar-refractivity contribution in [1.82, 2.24) is 4.98 Å². The van der Waals surface area contributed by atoms with Crippen molar-refractivity contribution in [2.75, 3.05) is 5.75 Å². The van der Waals surface area contributed by atoms with E-state index in [4.69, 9.17) is 15.4 Å². The Kier molecular flexibility index (Phi) is 4.46. The maximum atomic E-state index is 8.80. The molecule has 0 amide bonds. The summed E-state index contributed by atoms with van der Waals surface area (Å²) in [7, 11) is 0. The summed E-state index contributed by atoms with van der Waals surface area (Å²) < 4.78 is 5.61. The van der Waals surface area contributed by atoms with Crippen LogP contribution in [0.2, 0.25) is 0 Å². The summed E-state index contributed by atoms with van der Waals surface area (Å²) in [6.07, 6.45) is 2.66. The first kappa shape index (κ1) is 13.9. The molecule has 0 aliphatic carbocycles. The SMILES string of the molecule is CC(N)(C#N)CCCCSc1nc2ccccc2o1. The van der Waals surface area contributed by atoms with Crippen molar-refractivity contribution in [1.29, 1.82) is 5.26 Å². The molecule has 2 aromatic rings. The zero-order valence-electron chi connectivity index (χ0n) is 10.9. The largest absolute Gasteiger partial charge is 0.431 e. The first-order chi connectivity index (χ1) is 9.11. The van der Waals surface area contributed by atoms with Gasteiger partial charge in [-0.05, 0) is 38.3 Å². The highest BCUT2D eigenvalue weighted by Gasteiger charge is 2.16. The van der Waals surface area contributed by atoms with Gasteiger partial charge in [0.2, 0.25) is 0 Å². The van der Waals surface area contributed by atoms with E-state index in [0.29, 0.717) is 5.22 Å². The Morgan fingerprint density at radius 3 is 2.95 bits per heavy atom. The van der Waals surface area contributed by atoms with Crippen LogP contribution in [0.3, 0.4) is 0 Å². The van der Waals surface area contributed by atoms with Crippen LogP contribution in [-0.2, 0) is 0 Å². The van der Waals surface area contributed by atoms with Gasteiger partial charge in [-0.25, -0.2) is 4.98 Å². The Balaban J connectivity index is 1.76. The van der Waals surface area contributed by atoms with E-state index < -0.39 is 5.54 Å². The van der Waals surface area contributed by atoms with E-state index in [1.165, 1.54) is 0 Å². The third-order valence-electron chi connectivity index (χ3n) is 2.85. The van der Waals surface area contributed by atoms with Gasteiger partial charge in [-0.3, -0.25) is 0 Å². The lowest BCUT2D eigenvalue weighted by Gasteiger charge is -2.13. The molecule has 0 spiro atoms. The topological polar surface area (TPSA) is 75.8 Å². The molecule has 0 radical (unpaired) electrons. The summed E-state index contributed by atoms with van der Waals surface area (Å²) >= 11 is 1.60. The van der Waals surface area contributed by atoms with Gasteiger partial charge in [-0.15, -0.1) is 0 Å². The third-order valence-corrected chi connectivity index (χ3v) is 3.76. The first-order valence-corrected chi connectivity index (χ1v) is 7.28. The van der Waals surface area contributed by atoms with Gasteiger partial charge in [0.05, 0.1) is 6.07 Å². The average Bonchev–Trinajstić information content (AvgIpc) is 2.81. The number of aromatic nitrogens is 1. The predicted octanol–water partition coefficient (Wildman–Crippen LogP) is 3.33. The van der Waals surface area contributed by atoms with Gasteiger partial charge in [0, 0.05) is 5.75 Å². The lowest BCUT2D eigenvalue weighted by atomic mass is 9.99. The molecule has 5 heteroatoms. The highest BCUT2D eigenvalue weighted by molar-refractivity contribution is 7.99. The van der Waals surface area contributed by atoms with Crippen molar-refractivity contribution in [2.45, 2.75) is 36.9 Å². The lowest BCUT2D eigenvalue weighted by Crippen LogP contribution is -2.33. The standard InChI is InChI=1S/C14H17N3OS/c1-14(16,10-15)8-4-5-9-19-13-17-11-6-2-3-7-12(11)18-13/h2-3,6-7H,4-5,8-9,16H2,1H3. The zero-order chi connectivity index (χ0) is 13.7. The highest BCUT2D eigenvalue weighted by atomic mass is 32.2. The normalized spacial score (nSPS) is 14.2. The Bertz CT molecular complexity index is 553. The number of para-hydroxylation sites is 2. The van der Waals surface area contributed by atoms with Crippen LogP contribution in [0.4, 0.5) is 0 Å². The number of benzene rings is 1. The molecule has 0 bridgehead atoms. The number of hydrogen-bond acceptors (Lipinski definition) is 5. The predicted molar refractivity (Wildman–Crippen MR) is 76.8 cm³/mol. The monoisotopic (exact) mass is 275 g/mol. The molecule has 1 aromatic carbocycles. The van der Waals surface area contributed by atoms with Crippen molar-refractivity contribution in [2.24, 2.45) is 5.73 Å². The van der Waals surface area contributed by atoms with Crippen molar-refractivity contribution in [3.05, 3.63) is 24.3 Å². The van der Waals surface area contributed by atoms with Gasteiger partial charge in [0.1, 0.15) is 11.1 Å². The fraction of sp³-hybridized carbons (Fsp3) is 0.429. The van der Waals surface area contributed by atoms with Gasteiger partial charge < -0.3 is 10.2 Å². The minimum atomic E-state index is -0.706. The Hall–Kier alpha value is -1.51. The Labute approximate surface area is 117 Å². The molecule has 4 nitrogen and oxygen atoms in total. The molecule has 1 heterocycles. The van der Waals surface area contributed by atoms with Crippen LogP contribution < -0.4 is 5.73 Å². The van der Waals surface area contributed by atoms with Gasteiger partial charge in [0.15, 0.2) is 5.58 Å². The molecule has 0 aliphatic rings. The molecule has 1 aromatic heterocycles. The molecular formula is C14H17N3OS. The first-order valence-electron chi connectivity index (χ1n) is 6.29. The van der Waals surface area contributed by atoms with E-state index in [1.807, 2.05) is 24.3 Å². The van der Waals surface area contributed by atoms with E-state index in [9.17, 15) is 0 Å². The molecule has 2 N–H and O–H groups in total. The summed E-state index contributed by atoms with van der Waals surface area (Å²) in [4.78, 5) is 4.39. The van der Waals surface area contributed by atoms with E-state index >= 15 is 0 Å². The minimum Gasteiger partial charge on any atom is -0.431 e. The molecule has 0 fully saturated rings. The quantitative estimate of drug-likeness (QED) is 0.646. The van der Waals surface area contributed by atoms with Crippen LogP contribution >= 0.6 is 11.8 Å². The molecule has 2 rings (SSSR count). The molecule has 1 unspecified atom stereocenters. The second kappa shape index (κ2) is 6.09. The van der Waals surface area contributed by atoms with Crippen LogP contribution in [0.5, 0.6) is 0 Å². The smallest absolute Gasteiger partial charge is 0.256 e. The van der Waals surface area contributed by atoms with E-state index in [-0.39, 0.29) is 0 Å². The molecule has 100 valence electrons. The number of rotatable bonds is 6. The fourth-order valence-corrected chi connectivity index (χ4v) is 2.56. The second-order valence-corrected chi connectivity index (χ2v) is 5.83. The average molecular weight is 275 g/mol. The van der Waals surface area contributed by atoms with E-state index in [1.54, 1.807) is 18.7 Å². The molecule has 0 aliphatic heterocycles. The van der Waals surface area contributed by atoms with Crippen molar-refractivity contribution in [3.63, 3.8) is 0 Å². The van der Waals surface area contributed by atoms with E-state index in [0.717, 1.165) is 36.1 Å². The molecule has 0 saturated heterocycles. The number of oxazole rings is 1. The molecular weight excluding hydrogens is 258 g/mol. The summed E-state index contributed by atoms with van der Waals surface area (Å²) in [5, 5.41) is 9.51. The van der Waals surface area contributed by atoms with Crippen LogP contribution in [0.1, 0.15) is 26.2 Å². The van der Waals surface area contributed by atoms with Crippen molar-refractivity contribution >= 4 is 22.9 Å². The maximum Gasteiger partial charge on any atom is 0.256 e. The van der Waals surface area contributed by atoms with Crippen molar-refractivity contribution < 1.29 is 4.42 Å². The molecule has 19 heavy (non-hydrogen) atoms. The van der Waals surface area contributed by atoms with Crippen LogP contribution in [0.25, 0.3) is 11.1 Å². The summed E-state index contributed by atoms with van der Waals surface area (Å²) in [5.41, 5.74) is 6.77. The van der Waals surface area contributed by atoms with Crippen LogP contribution in [0.15, 0.2) is 33.9 Å². The van der Waals surface area contributed by atoms with Crippen LogP contribution in [-0.4, -0.2) is 16.3 Å². The lowest BCUT2D eigenvalue weighted by molar-refractivity contribution is 0.488. The fourth-order valence-electron chi connectivity index (χ4n) is 1.72. The minimum absolute atomic E-state index is 0.706. The highest BCUT2D eigenvalue weighted by Crippen LogP contribution is 2.24. The van der Waals surface area contributed by atoms with Crippen molar-refractivity contribution in [3.8, 4) is 6.07 Å². The number of unbranched alkanes of at least 4 members (excludes halogenated alkanes) is 1. The number of fused-ring (bicyclic) bond motifs is 1. The maximum absolute atomic E-state index is 8.80. The number of thioether (sulfide) groups is 1. The Morgan fingerprint density at radius 1 is 1.42 bits per heavy atom. The van der Waals surface area contributed by atoms with E-state index in [2.05, 4.69) is 11.1 Å².